The number of halogens is 1. The van der Waals surface area contributed by atoms with Crippen molar-refractivity contribution < 1.29 is 23.5 Å². The molecular formula is C33H29FN4O4. The van der Waals surface area contributed by atoms with Crippen molar-refractivity contribution in [2.24, 2.45) is 10.9 Å². The average Bonchev–Trinajstić information content (AvgIpc) is 3.01. The topological polar surface area (TPSA) is 100 Å². The van der Waals surface area contributed by atoms with Crippen LogP contribution in [0.5, 0.6) is 0 Å². The van der Waals surface area contributed by atoms with Gasteiger partial charge >= 0.3 is 5.97 Å². The van der Waals surface area contributed by atoms with Crippen LogP contribution >= 0.6 is 0 Å². The maximum Gasteiger partial charge on any atom is 0.309 e. The summed E-state index contributed by atoms with van der Waals surface area (Å²) in [5, 5.41) is 5.35. The minimum Gasteiger partial charge on any atom is -0.466 e. The molecule has 2 N–H and O–H groups in total. The number of hydrogen-bond acceptors (Lipinski definition) is 5. The summed E-state index contributed by atoms with van der Waals surface area (Å²) >= 11 is 0. The lowest BCUT2D eigenvalue weighted by atomic mass is 9.97. The van der Waals surface area contributed by atoms with E-state index in [0.29, 0.717) is 55.0 Å². The number of nitrogens with zero attached hydrogens (tertiary/aromatic N) is 2. The Bertz CT molecular complexity index is 1590. The molecule has 1 saturated heterocycles. The highest BCUT2D eigenvalue weighted by atomic mass is 19.1. The van der Waals surface area contributed by atoms with Crippen LogP contribution in [-0.2, 0) is 9.53 Å². The van der Waals surface area contributed by atoms with E-state index < -0.39 is 17.6 Å². The van der Waals surface area contributed by atoms with Crippen LogP contribution in [0.25, 0.3) is 0 Å². The predicted molar refractivity (Wildman–Crippen MR) is 160 cm³/mol. The van der Waals surface area contributed by atoms with Crippen LogP contribution in [0.2, 0.25) is 0 Å². The number of carbonyl (C=O) groups excluding carboxylic acids is 3. The predicted octanol–water partition coefficient (Wildman–Crippen LogP) is 5.23. The fourth-order valence-corrected chi connectivity index (χ4v) is 4.40. The monoisotopic (exact) mass is 564 g/mol. The molecule has 1 heterocycles. The van der Waals surface area contributed by atoms with Gasteiger partial charge in [0.1, 0.15) is 5.82 Å². The molecular weight excluding hydrogens is 535 g/mol. The van der Waals surface area contributed by atoms with E-state index in [4.69, 9.17) is 17.6 Å². The van der Waals surface area contributed by atoms with E-state index in [1.54, 1.807) is 43.6 Å². The van der Waals surface area contributed by atoms with Gasteiger partial charge in [0.05, 0.1) is 41.4 Å². The average molecular weight is 565 g/mol. The molecule has 0 unspecified atom stereocenters. The smallest absolute Gasteiger partial charge is 0.309 e. The number of rotatable bonds is 8. The van der Waals surface area contributed by atoms with Crippen molar-refractivity contribution in [1.82, 2.24) is 4.90 Å². The molecule has 1 aliphatic rings. The minimum atomic E-state index is -0.775. The first-order chi connectivity index (χ1) is 20.3. The molecule has 9 heteroatoms. The SMILES string of the molecule is C#Cc1ccc(NC(=O)c2cc(C#C)ccc2NC(=O)c2ccc(/N=C/N3CCC(C(=O)OCC)CC3)cc2F)cc1. The Morgan fingerprint density at radius 3 is 2.26 bits per heavy atom. The molecule has 4 rings (SSSR count). The molecule has 0 aliphatic carbocycles. The summed E-state index contributed by atoms with van der Waals surface area (Å²) in [6.07, 6.45) is 13.8. The number of carbonyl (C=O) groups is 3. The molecule has 1 fully saturated rings. The van der Waals surface area contributed by atoms with E-state index in [2.05, 4.69) is 27.5 Å². The Morgan fingerprint density at radius 2 is 1.62 bits per heavy atom. The minimum absolute atomic E-state index is 0.105. The zero-order valence-corrected chi connectivity index (χ0v) is 23.0. The van der Waals surface area contributed by atoms with E-state index in [1.807, 2.05) is 4.90 Å². The highest BCUT2D eigenvalue weighted by molar-refractivity contribution is 6.12. The normalized spacial score (nSPS) is 13.2. The maximum atomic E-state index is 15.0. The van der Waals surface area contributed by atoms with Gasteiger partial charge in [-0.3, -0.25) is 14.4 Å². The number of nitrogens with one attached hydrogen (secondary N) is 2. The number of ether oxygens (including phenoxy) is 1. The Morgan fingerprint density at radius 1 is 0.952 bits per heavy atom. The highest BCUT2D eigenvalue weighted by Gasteiger charge is 2.25. The Balaban J connectivity index is 1.43. The van der Waals surface area contributed by atoms with Crippen molar-refractivity contribution in [2.45, 2.75) is 19.8 Å². The summed E-state index contributed by atoms with van der Waals surface area (Å²) in [6.45, 7) is 3.39. The van der Waals surface area contributed by atoms with Gasteiger partial charge in [0.25, 0.3) is 11.8 Å². The standard InChI is InChI=1S/C33H29FN4O4/c1-4-22-7-10-25(11-8-22)36-32(40)28-19-23(5-2)9-14-30(28)37-31(39)27-13-12-26(20-29(27)34)35-21-38-17-15-24(16-18-38)33(41)42-6-3/h1-2,7-14,19-21,24H,6,15-18H2,3H3,(H,36,40)(H,37,39)/b35-21+. The second-order valence-electron chi connectivity index (χ2n) is 9.51. The summed E-state index contributed by atoms with van der Waals surface area (Å²) < 4.78 is 20.1. The molecule has 3 aromatic carbocycles. The fraction of sp³-hybridized carbons (Fsp3) is 0.212. The molecule has 1 aliphatic heterocycles. The zero-order valence-electron chi connectivity index (χ0n) is 23.0. The third-order valence-corrected chi connectivity index (χ3v) is 6.71. The van der Waals surface area contributed by atoms with Gasteiger partial charge in [0.2, 0.25) is 0 Å². The summed E-state index contributed by atoms with van der Waals surface area (Å²) in [4.78, 5) is 44.3. The number of esters is 1. The fourth-order valence-electron chi connectivity index (χ4n) is 4.40. The largest absolute Gasteiger partial charge is 0.466 e. The van der Waals surface area contributed by atoms with Gasteiger partial charge < -0.3 is 20.3 Å². The third-order valence-electron chi connectivity index (χ3n) is 6.71. The second-order valence-corrected chi connectivity index (χ2v) is 9.51. The number of piperidine rings is 1. The van der Waals surface area contributed by atoms with Crippen LogP contribution in [0, 0.1) is 36.4 Å². The molecule has 3 aromatic rings. The molecule has 2 amide bonds. The second kappa shape index (κ2) is 13.8. The lowest BCUT2D eigenvalue weighted by Gasteiger charge is -2.29. The van der Waals surface area contributed by atoms with Gasteiger partial charge in [-0.2, -0.15) is 0 Å². The zero-order chi connectivity index (χ0) is 30.1. The van der Waals surface area contributed by atoms with Crippen molar-refractivity contribution in [3.8, 4) is 24.7 Å². The van der Waals surface area contributed by atoms with E-state index in [0.717, 1.165) is 6.07 Å². The van der Waals surface area contributed by atoms with Crippen LogP contribution in [0.3, 0.4) is 0 Å². The molecule has 42 heavy (non-hydrogen) atoms. The number of hydrogen-bond donors (Lipinski definition) is 2. The van der Waals surface area contributed by atoms with Gasteiger partial charge in [-0.05, 0) is 74.4 Å². The number of likely N-dealkylation sites (tertiary alicyclic amines) is 1. The van der Waals surface area contributed by atoms with Gasteiger partial charge in [-0.1, -0.05) is 11.8 Å². The number of anilines is 2. The number of terminal acetylenes is 2. The number of aliphatic imine (C=N–C) groups is 1. The summed E-state index contributed by atoms with van der Waals surface area (Å²) in [6, 6.07) is 15.2. The molecule has 0 bridgehead atoms. The first-order valence-electron chi connectivity index (χ1n) is 13.4. The van der Waals surface area contributed by atoms with Crippen LogP contribution in [0.1, 0.15) is 51.6 Å². The van der Waals surface area contributed by atoms with Crippen molar-refractivity contribution in [3.63, 3.8) is 0 Å². The van der Waals surface area contributed by atoms with E-state index in [-0.39, 0.29) is 28.7 Å². The van der Waals surface area contributed by atoms with Crippen LogP contribution < -0.4 is 10.6 Å². The lowest BCUT2D eigenvalue weighted by Crippen LogP contribution is -2.36. The summed E-state index contributed by atoms with van der Waals surface area (Å²) in [5.74, 6) is 2.62. The van der Waals surface area contributed by atoms with Crippen molar-refractivity contribution in [1.29, 1.82) is 0 Å². The van der Waals surface area contributed by atoms with E-state index in [9.17, 15) is 18.8 Å². The summed E-state index contributed by atoms with van der Waals surface area (Å²) in [7, 11) is 0. The van der Waals surface area contributed by atoms with Gasteiger partial charge in [0.15, 0.2) is 0 Å². The molecule has 0 atom stereocenters. The Kier molecular flexibility index (Phi) is 9.70. The van der Waals surface area contributed by atoms with Gasteiger partial charge in [-0.25, -0.2) is 9.38 Å². The van der Waals surface area contributed by atoms with Crippen LogP contribution in [0.15, 0.2) is 65.7 Å². The first-order valence-corrected chi connectivity index (χ1v) is 13.4. The summed E-state index contributed by atoms with van der Waals surface area (Å²) in [5.41, 5.74) is 1.95. The number of benzene rings is 3. The number of amides is 2. The molecule has 212 valence electrons. The molecule has 0 radical (unpaired) electrons. The molecule has 0 spiro atoms. The van der Waals surface area contributed by atoms with Crippen molar-refractivity contribution in [3.05, 3.63) is 88.7 Å². The quantitative estimate of drug-likeness (QED) is 0.169. The lowest BCUT2D eigenvalue weighted by molar-refractivity contribution is -0.149. The van der Waals surface area contributed by atoms with E-state index in [1.165, 1.54) is 24.3 Å². The van der Waals surface area contributed by atoms with Crippen LogP contribution in [-0.4, -0.2) is 48.7 Å². The third kappa shape index (κ3) is 7.41. The molecule has 0 aromatic heterocycles. The van der Waals surface area contributed by atoms with Gasteiger partial charge in [0, 0.05) is 36.0 Å². The van der Waals surface area contributed by atoms with Crippen molar-refractivity contribution >= 4 is 41.2 Å². The molecule has 0 saturated carbocycles. The maximum absolute atomic E-state index is 15.0. The highest BCUT2D eigenvalue weighted by Crippen LogP contribution is 2.24. The van der Waals surface area contributed by atoms with Crippen LogP contribution in [0.4, 0.5) is 21.5 Å². The van der Waals surface area contributed by atoms with Crippen molar-refractivity contribution in [2.75, 3.05) is 30.3 Å². The Hall–Kier alpha value is -5.41. The van der Waals surface area contributed by atoms with E-state index >= 15 is 0 Å². The molecule has 8 nitrogen and oxygen atoms in total. The first kappa shape index (κ1) is 29.6. The Labute approximate surface area is 244 Å². The van der Waals surface area contributed by atoms with Gasteiger partial charge in [-0.15, -0.1) is 12.8 Å².